The summed E-state index contributed by atoms with van der Waals surface area (Å²) in [5.41, 5.74) is 6.89. The van der Waals surface area contributed by atoms with E-state index in [0.29, 0.717) is 30.7 Å². The van der Waals surface area contributed by atoms with Gasteiger partial charge in [0.05, 0.1) is 23.9 Å². The van der Waals surface area contributed by atoms with E-state index in [9.17, 15) is 10.1 Å². The normalized spacial score (nSPS) is 15.5. The van der Waals surface area contributed by atoms with Gasteiger partial charge in [-0.25, -0.2) is 4.99 Å². The fraction of sp³-hybridized carbons (Fsp3) is 0.250. The van der Waals surface area contributed by atoms with E-state index < -0.39 is 0 Å². The fourth-order valence-electron chi connectivity index (χ4n) is 3.74. The van der Waals surface area contributed by atoms with Gasteiger partial charge in [-0.2, -0.15) is 5.26 Å². The second kappa shape index (κ2) is 7.74. The van der Waals surface area contributed by atoms with Crippen LogP contribution in [0.1, 0.15) is 46.2 Å². The number of amidine groups is 1. The number of nitrogens with zero attached hydrogens (tertiary/aromatic N) is 3. The topological polar surface area (TPSA) is 65.6 Å². The van der Waals surface area contributed by atoms with Crippen LogP contribution < -0.4 is 0 Å². The van der Waals surface area contributed by atoms with Crippen LogP contribution in [-0.4, -0.2) is 23.9 Å². The van der Waals surface area contributed by atoms with Gasteiger partial charge >= 0.3 is 0 Å². The Kier molecular flexibility index (Phi) is 4.99. The third kappa shape index (κ3) is 3.57. The lowest BCUT2D eigenvalue weighted by Gasteiger charge is -2.15. The summed E-state index contributed by atoms with van der Waals surface area (Å²) in [7, 11) is 0. The molecule has 4 rings (SSSR count). The number of hydrogen-bond donors (Lipinski definition) is 0. The molecule has 0 aromatic heterocycles. The number of fused-ring (bicyclic) bond motifs is 1. The summed E-state index contributed by atoms with van der Waals surface area (Å²) < 4.78 is 0. The smallest absolute Gasteiger partial charge is 0.155 e. The highest BCUT2D eigenvalue weighted by atomic mass is 16.1. The highest BCUT2D eigenvalue weighted by Gasteiger charge is 2.19. The number of aliphatic imine (C=N–C) groups is 2. The molecule has 138 valence electrons. The molecule has 0 atom stereocenters. The van der Waals surface area contributed by atoms with Gasteiger partial charge in [-0.05, 0) is 53.6 Å². The lowest BCUT2D eigenvalue weighted by Crippen LogP contribution is -2.13. The number of ketones is 1. The van der Waals surface area contributed by atoms with Crippen molar-refractivity contribution in [3.05, 3.63) is 82.4 Å². The third-order valence-electron chi connectivity index (χ3n) is 5.33. The molecule has 28 heavy (non-hydrogen) atoms. The quantitative estimate of drug-likeness (QED) is 0.750. The molecule has 0 fully saturated rings. The maximum Gasteiger partial charge on any atom is 0.155 e. The van der Waals surface area contributed by atoms with Crippen LogP contribution in [0.25, 0.3) is 0 Å². The summed E-state index contributed by atoms with van der Waals surface area (Å²) in [6.07, 6.45) is 5.48. The summed E-state index contributed by atoms with van der Waals surface area (Å²) in [6, 6.07) is 14.4. The number of carbonyl (C=O) groups is 1. The van der Waals surface area contributed by atoms with Crippen molar-refractivity contribution in [3.63, 3.8) is 0 Å². The SMILES string of the molecule is C=CCCc1ccc(C2=NC(c3ccc4c(c3)CCC(=O)C4)=NC2)cc1C#N. The van der Waals surface area contributed by atoms with E-state index in [1.54, 1.807) is 0 Å². The number of carbonyl (C=O) groups excluding carboxylic acids is 1. The van der Waals surface area contributed by atoms with Gasteiger partial charge in [-0.15, -0.1) is 6.58 Å². The number of nitriles is 1. The molecule has 1 aliphatic carbocycles. The number of hydrogen-bond acceptors (Lipinski definition) is 4. The fourth-order valence-corrected chi connectivity index (χ4v) is 3.74. The molecule has 0 spiro atoms. The molecule has 0 bridgehead atoms. The number of allylic oxidation sites excluding steroid dienone is 1. The standard InChI is InChI=1S/C24H21N3O/c1-2-3-4-16-5-7-19(12-21(16)14-25)23-15-26-24(27-23)20-8-6-18-13-22(28)10-9-17(18)11-20/h2,5-8,11-12H,1,3-4,9-10,13,15H2. The maximum atomic E-state index is 11.6. The van der Waals surface area contributed by atoms with Crippen molar-refractivity contribution in [2.75, 3.05) is 6.54 Å². The molecule has 2 aromatic carbocycles. The minimum absolute atomic E-state index is 0.309. The van der Waals surface area contributed by atoms with E-state index >= 15 is 0 Å². The van der Waals surface area contributed by atoms with Gasteiger partial charge in [0.15, 0.2) is 5.84 Å². The molecule has 0 radical (unpaired) electrons. The second-order valence-corrected chi connectivity index (χ2v) is 7.21. The molecule has 1 aliphatic heterocycles. The van der Waals surface area contributed by atoms with Crippen LogP contribution >= 0.6 is 0 Å². The van der Waals surface area contributed by atoms with E-state index in [2.05, 4.69) is 23.7 Å². The Labute approximate surface area is 165 Å². The van der Waals surface area contributed by atoms with Gasteiger partial charge in [0.2, 0.25) is 0 Å². The van der Waals surface area contributed by atoms with E-state index in [1.165, 1.54) is 5.56 Å². The van der Waals surface area contributed by atoms with Gasteiger partial charge in [0, 0.05) is 18.4 Å². The van der Waals surface area contributed by atoms with Gasteiger partial charge in [0.25, 0.3) is 0 Å². The molecule has 2 aliphatic rings. The summed E-state index contributed by atoms with van der Waals surface area (Å²) in [5.74, 6) is 1.03. The molecular weight excluding hydrogens is 346 g/mol. The number of aryl methyl sites for hydroxylation is 2. The van der Waals surface area contributed by atoms with Crippen LogP contribution in [0.4, 0.5) is 0 Å². The molecule has 0 unspecified atom stereocenters. The van der Waals surface area contributed by atoms with Gasteiger partial charge in [-0.1, -0.05) is 30.3 Å². The van der Waals surface area contributed by atoms with Gasteiger partial charge < -0.3 is 0 Å². The summed E-state index contributed by atoms with van der Waals surface area (Å²) in [5, 5.41) is 9.48. The van der Waals surface area contributed by atoms with Crippen LogP contribution in [0, 0.1) is 11.3 Å². The summed E-state index contributed by atoms with van der Waals surface area (Å²) >= 11 is 0. The summed E-state index contributed by atoms with van der Waals surface area (Å²) in [4.78, 5) is 21.0. The lowest BCUT2D eigenvalue weighted by molar-refractivity contribution is -0.118. The first kappa shape index (κ1) is 18.1. The van der Waals surface area contributed by atoms with Crippen LogP contribution in [0.3, 0.4) is 0 Å². The predicted molar refractivity (Wildman–Crippen MR) is 111 cm³/mol. The molecule has 0 saturated carbocycles. The molecule has 0 amide bonds. The lowest BCUT2D eigenvalue weighted by atomic mass is 9.89. The second-order valence-electron chi connectivity index (χ2n) is 7.21. The third-order valence-corrected chi connectivity index (χ3v) is 5.33. The Bertz CT molecular complexity index is 1070. The molecule has 0 saturated heterocycles. The van der Waals surface area contributed by atoms with Crippen molar-refractivity contribution in [1.29, 1.82) is 5.26 Å². The highest BCUT2D eigenvalue weighted by Crippen LogP contribution is 2.23. The van der Waals surface area contributed by atoms with Crippen LogP contribution in [0.2, 0.25) is 0 Å². The number of benzene rings is 2. The van der Waals surface area contributed by atoms with Crippen molar-refractivity contribution in [3.8, 4) is 6.07 Å². The highest BCUT2D eigenvalue weighted by molar-refractivity contribution is 6.17. The average Bonchev–Trinajstić information content (AvgIpc) is 3.22. The van der Waals surface area contributed by atoms with E-state index in [1.807, 2.05) is 36.4 Å². The number of Topliss-reactive ketones (excluding diaryl/α,β-unsaturated/α-hetero) is 1. The Balaban J connectivity index is 1.58. The Hall–Kier alpha value is -3.32. The minimum atomic E-state index is 0.309. The Morgan fingerprint density at radius 1 is 1.11 bits per heavy atom. The van der Waals surface area contributed by atoms with Crippen molar-refractivity contribution in [2.24, 2.45) is 9.98 Å². The molecule has 0 N–H and O–H groups in total. The molecule has 4 nitrogen and oxygen atoms in total. The minimum Gasteiger partial charge on any atom is -0.299 e. The van der Waals surface area contributed by atoms with E-state index in [-0.39, 0.29) is 0 Å². The van der Waals surface area contributed by atoms with Gasteiger partial charge in [0.1, 0.15) is 5.78 Å². The monoisotopic (exact) mass is 367 g/mol. The Morgan fingerprint density at radius 3 is 2.79 bits per heavy atom. The zero-order chi connectivity index (χ0) is 19.5. The van der Waals surface area contributed by atoms with E-state index in [0.717, 1.165) is 53.1 Å². The van der Waals surface area contributed by atoms with E-state index in [4.69, 9.17) is 4.99 Å². The molecule has 2 aromatic rings. The largest absolute Gasteiger partial charge is 0.299 e. The van der Waals surface area contributed by atoms with Crippen molar-refractivity contribution in [1.82, 2.24) is 0 Å². The number of rotatable bonds is 5. The average molecular weight is 367 g/mol. The first-order valence-electron chi connectivity index (χ1n) is 9.58. The van der Waals surface area contributed by atoms with Crippen LogP contribution in [0.5, 0.6) is 0 Å². The predicted octanol–water partition coefficient (Wildman–Crippen LogP) is 3.98. The zero-order valence-electron chi connectivity index (χ0n) is 15.7. The van der Waals surface area contributed by atoms with Gasteiger partial charge in [-0.3, -0.25) is 9.79 Å². The van der Waals surface area contributed by atoms with Crippen molar-refractivity contribution < 1.29 is 4.79 Å². The zero-order valence-corrected chi connectivity index (χ0v) is 15.7. The van der Waals surface area contributed by atoms with Crippen LogP contribution in [-0.2, 0) is 24.1 Å². The van der Waals surface area contributed by atoms with Crippen molar-refractivity contribution >= 4 is 17.3 Å². The maximum absolute atomic E-state index is 11.6. The molecule has 4 heteroatoms. The first-order valence-corrected chi connectivity index (χ1v) is 9.58. The molecular formula is C24H21N3O. The Morgan fingerprint density at radius 2 is 1.96 bits per heavy atom. The summed E-state index contributed by atoms with van der Waals surface area (Å²) in [6.45, 7) is 4.26. The van der Waals surface area contributed by atoms with Crippen molar-refractivity contribution in [2.45, 2.75) is 32.1 Å². The molecule has 1 heterocycles. The van der Waals surface area contributed by atoms with Crippen LogP contribution in [0.15, 0.2) is 59.0 Å². The first-order chi connectivity index (χ1) is 13.7.